The molecule has 2 saturated heterocycles. The van der Waals surface area contributed by atoms with Crippen LogP contribution in [0.3, 0.4) is 0 Å². The van der Waals surface area contributed by atoms with Gasteiger partial charge in [-0.1, -0.05) is 22.0 Å². The minimum absolute atomic E-state index is 0.735. The lowest BCUT2D eigenvalue weighted by Gasteiger charge is -2.39. The second kappa shape index (κ2) is 4.09. The van der Waals surface area contributed by atoms with E-state index in [1.165, 1.54) is 53.7 Å². The van der Waals surface area contributed by atoms with E-state index in [1.54, 1.807) is 0 Å². The van der Waals surface area contributed by atoms with Crippen LogP contribution in [-0.4, -0.2) is 16.8 Å². The largest absolute Gasteiger partial charge is 0.352 e. The molecule has 3 heterocycles. The van der Waals surface area contributed by atoms with Crippen LogP contribution in [0.4, 0.5) is 5.69 Å². The molecule has 2 atom stereocenters. The molecule has 1 aromatic carbocycles. The van der Waals surface area contributed by atoms with E-state index < -0.39 is 0 Å². The monoisotopic (exact) mass is 330 g/mol. The molecule has 3 aliphatic heterocycles. The van der Waals surface area contributed by atoms with Gasteiger partial charge in [-0.25, -0.2) is 4.99 Å². The molecule has 0 radical (unpaired) electrons. The summed E-state index contributed by atoms with van der Waals surface area (Å²) < 4.78 is 1.22. The minimum atomic E-state index is 0.735. The Morgan fingerprint density at radius 2 is 1.85 bits per heavy atom. The predicted molar refractivity (Wildman–Crippen MR) is 84.1 cm³/mol. The Kier molecular flexibility index (Phi) is 2.41. The van der Waals surface area contributed by atoms with Gasteiger partial charge >= 0.3 is 0 Å². The van der Waals surface area contributed by atoms with E-state index in [2.05, 4.69) is 39.0 Å². The number of benzene rings is 1. The molecule has 2 aliphatic carbocycles. The van der Waals surface area contributed by atoms with Crippen molar-refractivity contribution in [2.75, 3.05) is 0 Å². The van der Waals surface area contributed by atoms with Crippen LogP contribution in [0.15, 0.2) is 27.7 Å². The van der Waals surface area contributed by atoms with Gasteiger partial charge in [-0.2, -0.15) is 0 Å². The third-order valence-electron chi connectivity index (χ3n) is 5.87. The van der Waals surface area contributed by atoms with Crippen molar-refractivity contribution in [2.45, 2.75) is 44.7 Å². The lowest BCUT2D eigenvalue weighted by Crippen LogP contribution is -2.42. The van der Waals surface area contributed by atoms with Crippen LogP contribution < -0.4 is 0 Å². The second-order valence-electron chi connectivity index (χ2n) is 7.10. The normalized spacial score (nSPS) is 37.2. The Morgan fingerprint density at radius 1 is 1.05 bits per heavy atom. The first-order valence-electron chi connectivity index (χ1n) is 7.90. The summed E-state index contributed by atoms with van der Waals surface area (Å²) in [6.45, 7) is 1.07. The third-order valence-corrected chi connectivity index (χ3v) is 6.61. The number of hydrogen-bond donors (Lipinski definition) is 0. The molecule has 0 aromatic heterocycles. The fourth-order valence-electron chi connectivity index (χ4n) is 5.17. The maximum Gasteiger partial charge on any atom is 0.108 e. The van der Waals surface area contributed by atoms with Gasteiger partial charge < -0.3 is 4.90 Å². The fourth-order valence-corrected chi connectivity index (χ4v) is 5.65. The number of halogens is 1. The van der Waals surface area contributed by atoms with Crippen molar-refractivity contribution in [1.29, 1.82) is 0 Å². The molecule has 2 saturated carbocycles. The first kappa shape index (κ1) is 11.8. The SMILES string of the molecule is Brc1cccc2c1CN1C(=N2)C2C[C@H]3CC1C[C@H](C2)C3. The van der Waals surface area contributed by atoms with E-state index in [9.17, 15) is 0 Å². The van der Waals surface area contributed by atoms with Crippen molar-refractivity contribution in [3.05, 3.63) is 28.2 Å². The first-order chi connectivity index (χ1) is 9.78. The fraction of sp³-hybridized carbons (Fsp3) is 0.588. The summed E-state index contributed by atoms with van der Waals surface area (Å²) in [4.78, 5) is 7.76. The Labute approximate surface area is 128 Å². The van der Waals surface area contributed by atoms with Crippen LogP contribution in [0.5, 0.6) is 0 Å². The van der Waals surface area contributed by atoms with Gasteiger partial charge in [0.15, 0.2) is 0 Å². The van der Waals surface area contributed by atoms with Crippen LogP contribution in [0.2, 0.25) is 0 Å². The van der Waals surface area contributed by atoms with Crippen LogP contribution in [0.25, 0.3) is 0 Å². The molecular weight excluding hydrogens is 312 g/mol. The Bertz CT molecular complexity index is 595. The zero-order valence-electron chi connectivity index (χ0n) is 11.6. The van der Waals surface area contributed by atoms with Gasteiger partial charge in [0.05, 0.1) is 5.69 Å². The van der Waals surface area contributed by atoms with E-state index in [0.29, 0.717) is 0 Å². The molecule has 0 unspecified atom stereocenters. The molecule has 0 N–H and O–H groups in total. The van der Waals surface area contributed by atoms with Crippen molar-refractivity contribution in [2.24, 2.45) is 22.7 Å². The summed E-state index contributed by atoms with van der Waals surface area (Å²) in [5.41, 5.74) is 2.59. The molecule has 4 bridgehead atoms. The Morgan fingerprint density at radius 3 is 2.65 bits per heavy atom. The molecule has 4 fully saturated rings. The van der Waals surface area contributed by atoms with E-state index >= 15 is 0 Å². The number of hydrogen-bond acceptors (Lipinski definition) is 2. The highest BCUT2D eigenvalue weighted by molar-refractivity contribution is 9.10. The maximum atomic E-state index is 5.10. The summed E-state index contributed by atoms with van der Waals surface area (Å²) in [6, 6.07) is 7.20. The van der Waals surface area contributed by atoms with E-state index in [0.717, 1.165) is 30.3 Å². The molecule has 20 heavy (non-hydrogen) atoms. The number of aliphatic imine (C=N–C) groups is 1. The molecule has 6 rings (SSSR count). The summed E-state index contributed by atoms with van der Waals surface area (Å²) in [7, 11) is 0. The number of nitrogens with zero attached hydrogens (tertiary/aromatic N) is 2. The van der Waals surface area contributed by atoms with Crippen LogP contribution in [0.1, 0.15) is 37.7 Å². The Hall–Kier alpha value is -0.830. The van der Waals surface area contributed by atoms with Gasteiger partial charge in [-0.15, -0.1) is 0 Å². The van der Waals surface area contributed by atoms with E-state index in [1.807, 2.05) is 0 Å². The highest BCUT2D eigenvalue weighted by atomic mass is 79.9. The first-order valence-corrected chi connectivity index (χ1v) is 8.70. The summed E-state index contributed by atoms with van der Waals surface area (Å²) in [6.07, 6.45) is 7.10. The van der Waals surface area contributed by atoms with Crippen molar-refractivity contribution in [1.82, 2.24) is 4.90 Å². The van der Waals surface area contributed by atoms with Gasteiger partial charge in [-0.05, 0) is 56.1 Å². The topological polar surface area (TPSA) is 15.6 Å². The predicted octanol–water partition coefficient (Wildman–Crippen LogP) is 4.50. The molecule has 3 heteroatoms. The number of fused-ring (bicyclic) bond motifs is 1. The second-order valence-corrected chi connectivity index (χ2v) is 7.95. The van der Waals surface area contributed by atoms with E-state index in [-0.39, 0.29) is 0 Å². The van der Waals surface area contributed by atoms with E-state index in [4.69, 9.17) is 4.99 Å². The third kappa shape index (κ3) is 1.59. The molecule has 1 aromatic rings. The molecule has 0 amide bonds. The molecular formula is C17H19BrN2. The van der Waals surface area contributed by atoms with Crippen molar-refractivity contribution in [3.8, 4) is 0 Å². The van der Waals surface area contributed by atoms with Gasteiger partial charge in [0.25, 0.3) is 0 Å². The van der Waals surface area contributed by atoms with Crippen LogP contribution in [0, 0.1) is 17.8 Å². The Balaban J connectivity index is 1.66. The highest BCUT2D eigenvalue weighted by Crippen LogP contribution is 2.50. The van der Waals surface area contributed by atoms with Gasteiger partial charge in [-0.3, -0.25) is 0 Å². The highest BCUT2D eigenvalue weighted by Gasteiger charge is 2.46. The van der Waals surface area contributed by atoms with Gasteiger partial charge in [0.1, 0.15) is 5.84 Å². The van der Waals surface area contributed by atoms with Crippen molar-refractivity contribution < 1.29 is 0 Å². The lowest BCUT2D eigenvalue weighted by atomic mass is 9.68. The molecule has 5 aliphatic rings. The molecule has 2 nitrogen and oxygen atoms in total. The van der Waals surface area contributed by atoms with Crippen molar-refractivity contribution >= 4 is 27.5 Å². The van der Waals surface area contributed by atoms with Crippen LogP contribution in [-0.2, 0) is 6.54 Å². The standard InChI is InChI=1S/C17H19BrN2/c18-15-2-1-3-16-14(15)9-20-13-7-10-4-11(8-13)6-12(5-10)17(20)19-16/h1-3,10-13H,4-9H2/t10-,11-,12?,13?/m0/s1. The summed E-state index contributed by atoms with van der Waals surface area (Å²) in [5, 5.41) is 0. The zero-order valence-corrected chi connectivity index (χ0v) is 13.1. The lowest BCUT2D eigenvalue weighted by molar-refractivity contribution is 0.128. The smallest absolute Gasteiger partial charge is 0.108 e. The molecule has 0 spiro atoms. The maximum absolute atomic E-state index is 5.10. The van der Waals surface area contributed by atoms with Gasteiger partial charge in [0.2, 0.25) is 0 Å². The number of amidine groups is 1. The summed E-state index contributed by atoms with van der Waals surface area (Å²) in [5.74, 6) is 4.10. The quantitative estimate of drug-likeness (QED) is 0.683. The average molecular weight is 331 g/mol. The summed E-state index contributed by atoms with van der Waals surface area (Å²) >= 11 is 3.72. The average Bonchev–Trinajstić information content (AvgIpc) is 2.60. The molecule has 104 valence electrons. The number of rotatable bonds is 0. The minimum Gasteiger partial charge on any atom is -0.352 e. The zero-order chi connectivity index (χ0) is 13.3. The van der Waals surface area contributed by atoms with Crippen molar-refractivity contribution in [3.63, 3.8) is 0 Å². The van der Waals surface area contributed by atoms with Crippen LogP contribution >= 0.6 is 15.9 Å². The van der Waals surface area contributed by atoms with Gasteiger partial charge in [0, 0.05) is 28.5 Å².